The lowest BCUT2D eigenvalue weighted by molar-refractivity contribution is 0.669. The molecule has 0 saturated carbocycles. The zero-order valence-electron chi connectivity index (χ0n) is 13.2. The van der Waals surface area contributed by atoms with E-state index in [2.05, 4.69) is 72.8 Å². The molecule has 1 aromatic heterocycles. The van der Waals surface area contributed by atoms with Crippen LogP contribution in [0.15, 0.2) is 89.3 Å². The molecule has 5 rings (SSSR count). The fraction of sp³-hybridized carbons (Fsp3) is 0.0435. The van der Waals surface area contributed by atoms with Crippen LogP contribution in [0.3, 0.4) is 0 Å². The van der Waals surface area contributed by atoms with E-state index in [9.17, 15) is 0 Å². The van der Waals surface area contributed by atoms with Crippen molar-refractivity contribution in [2.45, 2.75) is 6.42 Å². The van der Waals surface area contributed by atoms with Crippen LogP contribution < -0.4 is 0 Å². The number of hydrogen-bond donors (Lipinski definition) is 0. The first kappa shape index (κ1) is 13.4. The van der Waals surface area contributed by atoms with Crippen molar-refractivity contribution in [2.75, 3.05) is 0 Å². The summed E-state index contributed by atoms with van der Waals surface area (Å²) in [4.78, 5) is 0. The van der Waals surface area contributed by atoms with Gasteiger partial charge in [0.25, 0.3) is 0 Å². The van der Waals surface area contributed by atoms with Gasteiger partial charge in [-0.15, -0.1) is 0 Å². The van der Waals surface area contributed by atoms with Gasteiger partial charge in [0.05, 0.1) is 0 Å². The predicted octanol–water partition coefficient (Wildman–Crippen LogP) is 6.33. The van der Waals surface area contributed by atoms with E-state index in [1.54, 1.807) is 0 Å². The molecule has 0 fully saturated rings. The maximum Gasteiger partial charge on any atom is 0.136 e. The molecule has 0 atom stereocenters. The van der Waals surface area contributed by atoms with E-state index >= 15 is 0 Å². The minimum Gasteiger partial charge on any atom is -0.456 e. The number of rotatable bonds is 2. The lowest BCUT2D eigenvalue weighted by Crippen LogP contribution is -1.89. The van der Waals surface area contributed by atoms with E-state index in [1.165, 1.54) is 32.7 Å². The van der Waals surface area contributed by atoms with Crippen LogP contribution in [-0.4, -0.2) is 0 Å². The van der Waals surface area contributed by atoms with Crippen LogP contribution in [0.4, 0.5) is 0 Å². The summed E-state index contributed by atoms with van der Waals surface area (Å²) in [5.41, 5.74) is 4.60. The molecule has 0 aliphatic heterocycles. The molecule has 0 N–H and O–H groups in total. The van der Waals surface area contributed by atoms with Crippen molar-refractivity contribution in [1.29, 1.82) is 0 Å². The first-order valence-electron chi connectivity index (χ1n) is 8.26. The number of fused-ring (bicyclic) bond motifs is 5. The molecule has 24 heavy (non-hydrogen) atoms. The Morgan fingerprint density at radius 2 is 1.33 bits per heavy atom. The van der Waals surface area contributed by atoms with Gasteiger partial charge in [0.15, 0.2) is 0 Å². The maximum atomic E-state index is 6.02. The van der Waals surface area contributed by atoms with Gasteiger partial charge in [-0.25, -0.2) is 0 Å². The van der Waals surface area contributed by atoms with Gasteiger partial charge in [-0.3, -0.25) is 0 Å². The molecule has 114 valence electrons. The van der Waals surface area contributed by atoms with Gasteiger partial charge in [0.1, 0.15) is 11.2 Å². The molecule has 1 nitrogen and oxygen atoms in total. The Bertz CT molecular complexity index is 1170. The first-order chi connectivity index (χ1) is 11.9. The Morgan fingerprint density at radius 1 is 0.542 bits per heavy atom. The van der Waals surface area contributed by atoms with Crippen molar-refractivity contribution < 1.29 is 4.42 Å². The number of benzene rings is 4. The van der Waals surface area contributed by atoms with Gasteiger partial charge in [-0.05, 0) is 40.5 Å². The smallest absolute Gasteiger partial charge is 0.136 e. The summed E-state index contributed by atoms with van der Waals surface area (Å²) >= 11 is 0. The third kappa shape index (κ3) is 2.02. The summed E-state index contributed by atoms with van der Waals surface area (Å²) in [6.07, 6.45) is 0.944. The SMILES string of the molecule is c1ccc(Cc2cccc3c2ccc2oc4ccccc4c23)cc1. The quantitative estimate of drug-likeness (QED) is 0.371. The summed E-state index contributed by atoms with van der Waals surface area (Å²) in [5, 5.41) is 4.99. The Hall–Kier alpha value is -3.06. The molecular weight excluding hydrogens is 292 g/mol. The normalized spacial score (nSPS) is 11.5. The molecule has 0 unspecified atom stereocenters. The van der Waals surface area contributed by atoms with Crippen LogP contribution >= 0.6 is 0 Å². The largest absolute Gasteiger partial charge is 0.456 e. The average Bonchev–Trinajstić information content (AvgIpc) is 3.02. The lowest BCUT2D eigenvalue weighted by Gasteiger charge is -2.08. The highest BCUT2D eigenvalue weighted by atomic mass is 16.3. The monoisotopic (exact) mass is 308 g/mol. The van der Waals surface area contributed by atoms with Crippen LogP contribution in [0, 0.1) is 0 Å². The Morgan fingerprint density at radius 3 is 2.25 bits per heavy atom. The summed E-state index contributed by atoms with van der Waals surface area (Å²) < 4.78 is 6.02. The Balaban J connectivity index is 1.80. The second kappa shape index (κ2) is 5.24. The first-order valence-corrected chi connectivity index (χ1v) is 8.26. The third-order valence-corrected chi connectivity index (χ3v) is 4.73. The van der Waals surface area contributed by atoms with E-state index in [0.29, 0.717) is 0 Å². The van der Waals surface area contributed by atoms with Crippen LogP contribution in [0.5, 0.6) is 0 Å². The van der Waals surface area contributed by atoms with Crippen molar-refractivity contribution in [3.05, 3.63) is 96.1 Å². The topological polar surface area (TPSA) is 13.1 Å². The number of furan rings is 1. The van der Waals surface area contributed by atoms with Crippen molar-refractivity contribution >= 4 is 32.7 Å². The van der Waals surface area contributed by atoms with Crippen LogP contribution in [-0.2, 0) is 6.42 Å². The summed E-state index contributed by atoms with van der Waals surface area (Å²) in [7, 11) is 0. The molecule has 4 aromatic carbocycles. The second-order valence-corrected chi connectivity index (χ2v) is 6.21. The van der Waals surface area contributed by atoms with E-state index in [-0.39, 0.29) is 0 Å². The zero-order chi connectivity index (χ0) is 15.9. The molecule has 0 bridgehead atoms. The Labute approximate surface area is 140 Å². The Kier molecular flexibility index (Phi) is 2.92. The minimum absolute atomic E-state index is 0.944. The van der Waals surface area contributed by atoms with Gasteiger partial charge in [0, 0.05) is 10.8 Å². The van der Waals surface area contributed by atoms with Gasteiger partial charge in [-0.2, -0.15) is 0 Å². The third-order valence-electron chi connectivity index (χ3n) is 4.73. The van der Waals surface area contributed by atoms with Crippen molar-refractivity contribution in [3.63, 3.8) is 0 Å². The van der Waals surface area contributed by atoms with Crippen molar-refractivity contribution in [1.82, 2.24) is 0 Å². The fourth-order valence-electron chi connectivity index (χ4n) is 3.62. The van der Waals surface area contributed by atoms with Gasteiger partial charge in [0.2, 0.25) is 0 Å². The van der Waals surface area contributed by atoms with E-state index < -0.39 is 0 Å². The molecular formula is C23H16O. The minimum atomic E-state index is 0.944. The van der Waals surface area contributed by atoms with Gasteiger partial charge >= 0.3 is 0 Å². The molecule has 0 spiro atoms. The van der Waals surface area contributed by atoms with Crippen LogP contribution in [0.1, 0.15) is 11.1 Å². The fourth-order valence-corrected chi connectivity index (χ4v) is 3.62. The molecule has 0 radical (unpaired) electrons. The van der Waals surface area contributed by atoms with Gasteiger partial charge < -0.3 is 4.42 Å². The molecule has 0 amide bonds. The highest BCUT2D eigenvalue weighted by Gasteiger charge is 2.11. The number of para-hydroxylation sites is 1. The molecule has 0 saturated heterocycles. The molecule has 5 aromatic rings. The van der Waals surface area contributed by atoms with Crippen molar-refractivity contribution in [2.24, 2.45) is 0 Å². The lowest BCUT2D eigenvalue weighted by atomic mass is 9.96. The van der Waals surface area contributed by atoms with E-state index in [1.807, 2.05) is 12.1 Å². The molecule has 1 heterocycles. The molecule has 0 aliphatic rings. The highest BCUT2D eigenvalue weighted by molar-refractivity contribution is 6.19. The molecule has 1 heteroatoms. The maximum absolute atomic E-state index is 6.02. The average molecular weight is 308 g/mol. The van der Waals surface area contributed by atoms with Crippen molar-refractivity contribution in [3.8, 4) is 0 Å². The summed E-state index contributed by atoms with van der Waals surface area (Å²) in [6.45, 7) is 0. The van der Waals surface area contributed by atoms with E-state index in [0.717, 1.165) is 17.6 Å². The summed E-state index contributed by atoms with van der Waals surface area (Å²) in [5.74, 6) is 0. The summed E-state index contributed by atoms with van der Waals surface area (Å²) in [6, 6.07) is 29.8. The number of hydrogen-bond acceptors (Lipinski definition) is 1. The van der Waals surface area contributed by atoms with Gasteiger partial charge in [-0.1, -0.05) is 72.8 Å². The van der Waals surface area contributed by atoms with Crippen LogP contribution in [0.25, 0.3) is 32.7 Å². The standard InChI is InChI=1S/C23H16O/c1-2-7-16(8-3-1)15-17-9-6-11-19-18(17)13-14-22-23(19)20-10-4-5-12-21(20)24-22/h1-14H,15H2. The molecule has 0 aliphatic carbocycles. The van der Waals surface area contributed by atoms with E-state index in [4.69, 9.17) is 4.42 Å². The second-order valence-electron chi connectivity index (χ2n) is 6.21. The predicted molar refractivity (Wildman–Crippen MR) is 100 cm³/mol. The highest BCUT2D eigenvalue weighted by Crippen LogP contribution is 2.35. The zero-order valence-corrected chi connectivity index (χ0v) is 13.2. The van der Waals surface area contributed by atoms with Crippen LogP contribution in [0.2, 0.25) is 0 Å².